The SMILES string of the molecule is CCCNC(CC(C)(C)C)c1c(Cl)cnn1CC. The summed E-state index contributed by atoms with van der Waals surface area (Å²) in [7, 11) is 0. The van der Waals surface area contributed by atoms with E-state index in [0.717, 1.165) is 36.6 Å². The van der Waals surface area contributed by atoms with Gasteiger partial charge >= 0.3 is 0 Å². The summed E-state index contributed by atoms with van der Waals surface area (Å²) in [5, 5.41) is 8.71. The van der Waals surface area contributed by atoms with Crippen molar-refractivity contribution in [2.75, 3.05) is 6.54 Å². The van der Waals surface area contributed by atoms with Crippen LogP contribution in [0.25, 0.3) is 0 Å². The van der Waals surface area contributed by atoms with Crippen molar-refractivity contribution < 1.29 is 0 Å². The lowest BCUT2D eigenvalue weighted by Gasteiger charge is -2.27. The van der Waals surface area contributed by atoms with E-state index in [1.54, 1.807) is 6.20 Å². The standard InChI is InChI=1S/C14H26ClN3/c1-6-8-16-12(9-14(3,4)5)13-11(15)10-17-18(13)7-2/h10,12,16H,6-9H2,1-5H3. The molecule has 4 heteroatoms. The molecule has 0 aliphatic heterocycles. The maximum Gasteiger partial charge on any atom is 0.0834 e. The predicted octanol–water partition coefficient (Wildman–Crippen LogP) is 4.03. The molecule has 104 valence electrons. The number of halogens is 1. The van der Waals surface area contributed by atoms with Gasteiger partial charge in [-0.25, -0.2) is 0 Å². The molecule has 0 spiro atoms. The van der Waals surface area contributed by atoms with Gasteiger partial charge in [0.1, 0.15) is 0 Å². The Bertz CT molecular complexity index is 366. The van der Waals surface area contributed by atoms with Gasteiger partial charge in [-0.15, -0.1) is 0 Å². The van der Waals surface area contributed by atoms with Crippen LogP contribution >= 0.6 is 11.6 Å². The lowest BCUT2D eigenvalue weighted by atomic mass is 9.87. The summed E-state index contributed by atoms with van der Waals surface area (Å²) in [6.45, 7) is 12.9. The second-order valence-electron chi connectivity index (χ2n) is 5.97. The fourth-order valence-electron chi connectivity index (χ4n) is 2.17. The summed E-state index contributed by atoms with van der Waals surface area (Å²) in [6.07, 6.45) is 3.93. The number of nitrogens with one attached hydrogen (secondary N) is 1. The first-order chi connectivity index (χ1) is 8.39. The Morgan fingerprint density at radius 3 is 2.56 bits per heavy atom. The van der Waals surface area contributed by atoms with E-state index >= 15 is 0 Å². The van der Waals surface area contributed by atoms with Gasteiger partial charge in [0.15, 0.2) is 0 Å². The van der Waals surface area contributed by atoms with Gasteiger partial charge in [0, 0.05) is 6.54 Å². The van der Waals surface area contributed by atoms with E-state index < -0.39 is 0 Å². The minimum atomic E-state index is 0.261. The molecule has 0 bridgehead atoms. The van der Waals surface area contributed by atoms with Crippen LogP contribution in [0.2, 0.25) is 5.02 Å². The quantitative estimate of drug-likeness (QED) is 0.846. The second kappa shape index (κ2) is 6.58. The molecule has 1 heterocycles. The summed E-state index contributed by atoms with van der Waals surface area (Å²) in [5.41, 5.74) is 1.39. The summed E-state index contributed by atoms with van der Waals surface area (Å²) in [6, 6.07) is 0.278. The number of aromatic nitrogens is 2. The minimum absolute atomic E-state index is 0.261. The number of aryl methyl sites for hydroxylation is 1. The highest BCUT2D eigenvalue weighted by Gasteiger charge is 2.24. The van der Waals surface area contributed by atoms with Crippen molar-refractivity contribution in [3.63, 3.8) is 0 Å². The molecule has 0 aliphatic carbocycles. The third kappa shape index (κ3) is 4.29. The Hall–Kier alpha value is -0.540. The molecule has 0 aromatic carbocycles. The molecule has 18 heavy (non-hydrogen) atoms. The van der Waals surface area contributed by atoms with Crippen molar-refractivity contribution in [1.82, 2.24) is 15.1 Å². The Labute approximate surface area is 116 Å². The average Bonchev–Trinajstić information content (AvgIpc) is 2.64. The van der Waals surface area contributed by atoms with E-state index in [1.165, 1.54) is 0 Å². The third-order valence-corrected chi connectivity index (χ3v) is 3.21. The normalized spacial score (nSPS) is 13.9. The van der Waals surface area contributed by atoms with Crippen LogP contribution in [0.4, 0.5) is 0 Å². The first-order valence-corrected chi connectivity index (χ1v) is 7.21. The number of nitrogens with zero attached hydrogens (tertiary/aromatic N) is 2. The fourth-order valence-corrected chi connectivity index (χ4v) is 2.44. The molecule has 0 saturated carbocycles. The van der Waals surface area contributed by atoms with Gasteiger partial charge in [-0.05, 0) is 31.7 Å². The van der Waals surface area contributed by atoms with Crippen molar-refractivity contribution in [1.29, 1.82) is 0 Å². The van der Waals surface area contributed by atoms with E-state index in [2.05, 4.69) is 45.0 Å². The summed E-state index contributed by atoms with van der Waals surface area (Å²) < 4.78 is 2.00. The van der Waals surface area contributed by atoms with Crippen LogP contribution in [0, 0.1) is 5.41 Å². The molecule has 0 fully saturated rings. The zero-order chi connectivity index (χ0) is 13.8. The van der Waals surface area contributed by atoms with Gasteiger partial charge < -0.3 is 5.32 Å². The van der Waals surface area contributed by atoms with E-state index in [9.17, 15) is 0 Å². The van der Waals surface area contributed by atoms with E-state index in [0.29, 0.717) is 0 Å². The predicted molar refractivity (Wildman–Crippen MR) is 78.0 cm³/mol. The van der Waals surface area contributed by atoms with Crippen LogP contribution in [-0.4, -0.2) is 16.3 Å². The van der Waals surface area contributed by atoms with Crippen LogP contribution in [0.1, 0.15) is 59.2 Å². The van der Waals surface area contributed by atoms with Crippen molar-refractivity contribution >= 4 is 11.6 Å². The molecule has 0 radical (unpaired) electrons. The molecule has 1 atom stereocenters. The molecule has 1 rings (SSSR count). The van der Waals surface area contributed by atoms with E-state index in [1.807, 2.05) is 4.68 Å². The van der Waals surface area contributed by atoms with Gasteiger partial charge in [0.05, 0.1) is 23.0 Å². The van der Waals surface area contributed by atoms with Crippen molar-refractivity contribution in [3.05, 3.63) is 16.9 Å². The summed E-state index contributed by atoms with van der Waals surface area (Å²) in [4.78, 5) is 0. The fraction of sp³-hybridized carbons (Fsp3) is 0.786. The van der Waals surface area contributed by atoms with Crippen molar-refractivity contribution in [2.24, 2.45) is 5.41 Å². The molecule has 1 N–H and O–H groups in total. The van der Waals surface area contributed by atoms with Crippen molar-refractivity contribution in [2.45, 2.75) is 60.0 Å². The lowest BCUT2D eigenvalue weighted by Crippen LogP contribution is -2.28. The molecule has 0 aliphatic rings. The monoisotopic (exact) mass is 271 g/mol. The molecule has 1 aromatic heterocycles. The summed E-state index contributed by atoms with van der Waals surface area (Å²) in [5.74, 6) is 0. The highest BCUT2D eigenvalue weighted by atomic mass is 35.5. The first kappa shape index (κ1) is 15.5. The molecular weight excluding hydrogens is 246 g/mol. The van der Waals surface area contributed by atoms with Crippen molar-refractivity contribution in [3.8, 4) is 0 Å². The largest absolute Gasteiger partial charge is 0.309 e. The smallest absolute Gasteiger partial charge is 0.0834 e. The maximum atomic E-state index is 6.30. The van der Waals surface area contributed by atoms with Gasteiger partial charge in [0.2, 0.25) is 0 Å². The maximum absolute atomic E-state index is 6.30. The lowest BCUT2D eigenvalue weighted by molar-refractivity contribution is 0.301. The third-order valence-electron chi connectivity index (χ3n) is 2.92. The summed E-state index contributed by atoms with van der Waals surface area (Å²) >= 11 is 6.30. The number of hydrogen-bond donors (Lipinski definition) is 1. The van der Waals surface area contributed by atoms with E-state index in [4.69, 9.17) is 11.6 Å². The molecule has 0 amide bonds. The Morgan fingerprint density at radius 1 is 1.39 bits per heavy atom. The topological polar surface area (TPSA) is 29.9 Å². The second-order valence-corrected chi connectivity index (χ2v) is 6.37. The molecule has 1 unspecified atom stereocenters. The van der Waals surface area contributed by atoms with Crippen LogP contribution in [0.15, 0.2) is 6.20 Å². The van der Waals surface area contributed by atoms with Gasteiger partial charge in [-0.1, -0.05) is 39.3 Å². The minimum Gasteiger partial charge on any atom is -0.309 e. The zero-order valence-electron chi connectivity index (χ0n) is 12.3. The van der Waals surface area contributed by atoms with Gasteiger partial charge in [0.25, 0.3) is 0 Å². The van der Waals surface area contributed by atoms with Gasteiger partial charge in [-0.3, -0.25) is 4.68 Å². The Kier molecular flexibility index (Phi) is 5.67. The van der Waals surface area contributed by atoms with Gasteiger partial charge in [-0.2, -0.15) is 5.10 Å². The molecular formula is C14H26ClN3. The molecule has 1 aromatic rings. The van der Waals surface area contributed by atoms with Crippen LogP contribution < -0.4 is 5.32 Å². The number of rotatable bonds is 6. The molecule has 3 nitrogen and oxygen atoms in total. The van der Waals surface area contributed by atoms with E-state index in [-0.39, 0.29) is 11.5 Å². The van der Waals surface area contributed by atoms with Crippen LogP contribution in [-0.2, 0) is 6.54 Å². The van der Waals surface area contributed by atoms with Crippen LogP contribution in [0.3, 0.4) is 0 Å². The Balaban J connectivity index is 2.96. The number of hydrogen-bond acceptors (Lipinski definition) is 2. The van der Waals surface area contributed by atoms with Crippen LogP contribution in [0.5, 0.6) is 0 Å². The molecule has 0 saturated heterocycles. The highest BCUT2D eigenvalue weighted by Crippen LogP contribution is 2.32. The average molecular weight is 272 g/mol. The first-order valence-electron chi connectivity index (χ1n) is 6.83. The highest BCUT2D eigenvalue weighted by molar-refractivity contribution is 6.31. The Morgan fingerprint density at radius 2 is 2.06 bits per heavy atom. The zero-order valence-corrected chi connectivity index (χ0v) is 13.0.